The third-order valence-electron chi connectivity index (χ3n) is 2.92. The van der Waals surface area contributed by atoms with E-state index in [0.29, 0.717) is 12.0 Å². The zero-order valence-electron chi connectivity index (χ0n) is 9.12. The molecule has 1 aromatic rings. The van der Waals surface area contributed by atoms with Crippen molar-refractivity contribution in [3.05, 3.63) is 47.5 Å². The Balaban J connectivity index is 2.40. The maximum atomic E-state index is 11.5. The van der Waals surface area contributed by atoms with Gasteiger partial charge in [-0.1, -0.05) is 30.8 Å². The number of carbonyl (C=O) groups excluding carboxylic acids is 2. The van der Waals surface area contributed by atoms with Crippen molar-refractivity contribution in [2.75, 3.05) is 0 Å². The average molecular weight is 215 g/mol. The van der Waals surface area contributed by atoms with Gasteiger partial charge < -0.3 is 0 Å². The molecule has 1 aliphatic heterocycles. The summed E-state index contributed by atoms with van der Waals surface area (Å²) in [5.41, 5.74) is 2.56. The van der Waals surface area contributed by atoms with Crippen molar-refractivity contribution in [1.82, 2.24) is 5.32 Å². The Morgan fingerprint density at radius 3 is 2.69 bits per heavy atom. The van der Waals surface area contributed by atoms with E-state index in [4.69, 9.17) is 0 Å². The van der Waals surface area contributed by atoms with Crippen LogP contribution in [0.4, 0.5) is 0 Å². The normalized spacial score (nSPS) is 20.8. The van der Waals surface area contributed by atoms with Gasteiger partial charge in [0.2, 0.25) is 5.91 Å². The first-order valence-corrected chi connectivity index (χ1v) is 5.18. The van der Waals surface area contributed by atoms with Crippen LogP contribution in [0.5, 0.6) is 0 Å². The third kappa shape index (κ3) is 1.76. The van der Waals surface area contributed by atoms with Crippen molar-refractivity contribution in [3.63, 3.8) is 0 Å². The fourth-order valence-electron chi connectivity index (χ4n) is 2.00. The molecule has 0 radical (unpaired) electrons. The van der Waals surface area contributed by atoms with Gasteiger partial charge in [0.25, 0.3) is 5.91 Å². The van der Waals surface area contributed by atoms with E-state index in [9.17, 15) is 9.59 Å². The first-order valence-electron chi connectivity index (χ1n) is 5.18. The minimum Gasteiger partial charge on any atom is -0.293 e. The molecule has 0 saturated carbocycles. The van der Waals surface area contributed by atoms with Gasteiger partial charge in [-0.2, -0.15) is 0 Å². The second-order valence-electron chi connectivity index (χ2n) is 4.02. The van der Waals surface area contributed by atoms with Crippen molar-refractivity contribution >= 4 is 11.8 Å². The van der Waals surface area contributed by atoms with E-state index in [2.05, 4.69) is 11.9 Å². The van der Waals surface area contributed by atoms with E-state index in [-0.39, 0.29) is 17.7 Å². The second kappa shape index (κ2) is 3.93. The van der Waals surface area contributed by atoms with Crippen LogP contribution < -0.4 is 5.32 Å². The van der Waals surface area contributed by atoms with Crippen LogP contribution in [0.1, 0.15) is 23.5 Å². The molecule has 16 heavy (non-hydrogen) atoms. The quantitative estimate of drug-likeness (QED) is 0.572. The molecule has 2 rings (SSSR count). The first-order chi connectivity index (χ1) is 7.59. The fourth-order valence-corrected chi connectivity index (χ4v) is 2.00. The Bertz CT molecular complexity index is 477. The van der Waals surface area contributed by atoms with Crippen LogP contribution in [0.15, 0.2) is 36.4 Å². The van der Waals surface area contributed by atoms with Gasteiger partial charge in [0.1, 0.15) is 0 Å². The lowest BCUT2D eigenvalue weighted by molar-refractivity contribution is -0.130. The average Bonchev–Trinajstić information content (AvgIpc) is 2.24. The maximum absolute atomic E-state index is 11.5. The summed E-state index contributed by atoms with van der Waals surface area (Å²) in [6, 6.07) is 7.76. The smallest absolute Gasteiger partial charge is 0.253 e. The van der Waals surface area contributed by atoms with Crippen LogP contribution in [0, 0.1) is 6.92 Å². The highest BCUT2D eigenvalue weighted by Gasteiger charge is 2.30. The van der Waals surface area contributed by atoms with Crippen molar-refractivity contribution in [1.29, 1.82) is 0 Å². The van der Waals surface area contributed by atoms with Crippen molar-refractivity contribution < 1.29 is 9.59 Å². The molecular weight excluding hydrogens is 202 g/mol. The Morgan fingerprint density at radius 1 is 1.31 bits per heavy atom. The summed E-state index contributed by atoms with van der Waals surface area (Å²) in [6.45, 7) is 5.74. The number of nitrogens with one attached hydrogen (secondary N) is 1. The monoisotopic (exact) mass is 215 g/mol. The van der Waals surface area contributed by atoms with Crippen molar-refractivity contribution in [3.8, 4) is 0 Å². The lowest BCUT2D eigenvalue weighted by Gasteiger charge is -2.24. The number of imide groups is 1. The van der Waals surface area contributed by atoms with Gasteiger partial charge in [-0.15, -0.1) is 0 Å². The van der Waals surface area contributed by atoms with Crippen LogP contribution in [0.3, 0.4) is 0 Å². The molecule has 1 aliphatic rings. The Kier molecular flexibility index (Phi) is 2.60. The van der Waals surface area contributed by atoms with Gasteiger partial charge in [-0.25, -0.2) is 0 Å². The standard InChI is InChI=1S/C13H13NO2/c1-8-5-3-4-6-10(8)11-7-12(15)14-13(16)9(11)2/h3-6,11H,2,7H2,1H3,(H,14,15,16). The fraction of sp³-hybridized carbons (Fsp3) is 0.231. The summed E-state index contributed by atoms with van der Waals surface area (Å²) in [5, 5.41) is 2.27. The zero-order chi connectivity index (χ0) is 11.7. The molecule has 1 unspecified atom stereocenters. The van der Waals surface area contributed by atoms with Gasteiger partial charge in [-0.3, -0.25) is 14.9 Å². The number of hydrogen-bond acceptors (Lipinski definition) is 2. The number of hydrogen-bond donors (Lipinski definition) is 1. The minimum atomic E-state index is -0.357. The van der Waals surface area contributed by atoms with Crippen LogP contribution >= 0.6 is 0 Å². The van der Waals surface area contributed by atoms with Gasteiger partial charge in [0.15, 0.2) is 0 Å². The Hall–Kier alpha value is -1.90. The number of piperidine rings is 1. The van der Waals surface area contributed by atoms with Crippen LogP contribution in [-0.4, -0.2) is 11.8 Å². The summed E-state index contributed by atoms with van der Waals surface area (Å²) in [4.78, 5) is 22.8. The highest BCUT2D eigenvalue weighted by molar-refractivity contribution is 6.08. The molecular formula is C13H13NO2. The lowest BCUT2D eigenvalue weighted by atomic mass is 9.84. The number of carbonyl (C=O) groups is 2. The van der Waals surface area contributed by atoms with E-state index < -0.39 is 0 Å². The largest absolute Gasteiger partial charge is 0.293 e. The zero-order valence-corrected chi connectivity index (χ0v) is 9.12. The Labute approximate surface area is 94.2 Å². The van der Waals surface area contributed by atoms with E-state index in [1.807, 2.05) is 31.2 Å². The molecule has 1 atom stereocenters. The van der Waals surface area contributed by atoms with Crippen LogP contribution in [-0.2, 0) is 9.59 Å². The summed E-state index contributed by atoms with van der Waals surface area (Å²) >= 11 is 0. The second-order valence-corrected chi connectivity index (χ2v) is 4.02. The predicted molar refractivity (Wildman–Crippen MR) is 60.8 cm³/mol. The third-order valence-corrected chi connectivity index (χ3v) is 2.92. The maximum Gasteiger partial charge on any atom is 0.253 e. The molecule has 1 fully saturated rings. The highest BCUT2D eigenvalue weighted by Crippen LogP contribution is 2.31. The Morgan fingerprint density at radius 2 is 2.00 bits per heavy atom. The van der Waals surface area contributed by atoms with E-state index in [0.717, 1.165) is 11.1 Å². The van der Waals surface area contributed by atoms with Gasteiger partial charge in [0, 0.05) is 17.9 Å². The minimum absolute atomic E-state index is 0.178. The lowest BCUT2D eigenvalue weighted by Crippen LogP contribution is -2.39. The molecule has 3 heteroatoms. The van der Waals surface area contributed by atoms with Crippen molar-refractivity contribution in [2.45, 2.75) is 19.3 Å². The summed E-state index contributed by atoms with van der Waals surface area (Å²) in [5.74, 6) is -0.766. The van der Waals surface area contributed by atoms with Gasteiger partial charge >= 0.3 is 0 Å². The number of amides is 2. The van der Waals surface area contributed by atoms with Gasteiger partial charge in [-0.05, 0) is 18.1 Å². The van der Waals surface area contributed by atoms with Crippen LogP contribution in [0.25, 0.3) is 0 Å². The molecule has 2 amide bonds. The highest BCUT2D eigenvalue weighted by atomic mass is 16.2. The molecule has 0 aromatic heterocycles. The van der Waals surface area contributed by atoms with Crippen molar-refractivity contribution in [2.24, 2.45) is 0 Å². The number of benzene rings is 1. The predicted octanol–water partition coefficient (Wildman–Crippen LogP) is 1.68. The molecule has 1 N–H and O–H groups in total. The number of aryl methyl sites for hydroxylation is 1. The molecule has 1 heterocycles. The molecule has 3 nitrogen and oxygen atoms in total. The van der Waals surface area contributed by atoms with E-state index in [1.54, 1.807) is 0 Å². The van der Waals surface area contributed by atoms with Crippen LogP contribution in [0.2, 0.25) is 0 Å². The number of rotatable bonds is 1. The molecule has 82 valence electrons. The molecule has 1 saturated heterocycles. The summed E-state index contributed by atoms with van der Waals surface area (Å²) < 4.78 is 0. The van der Waals surface area contributed by atoms with E-state index >= 15 is 0 Å². The summed E-state index contributed by atoms with van der Waals surface area (Å²) in [6.07, 6.45) is 0.301. The molecule has 0 aliphatic carbocycles. The van der Waals surface area contributed by atoms with Gasteiger partial charge in [0.05, 0.1) is 0 Å². The molecule has 0 spiro atoms. The molecule has 0 bridgehead atoms. The first kappa shape index (κ1) is 10.6. The van der Waals surface area contributed by atoms with E-state index in [1.165, 1.54) is 0 Å². The topological polar surface area (TPSA) is 46.2 Å². The summed E-state index contributed by atoms with van der Waals surface area (Å²) in [7, 11) is 0. The molecule has 1 aromatic carbocycles. The SMILES string of the molecule is C=C1C(=O)NC(=O)CC1c1ccccc1C.